The van der Waals surface area contributed by atoms with Gasteiger partial charge in [-0.2, -0.15) is 0 Å². The fraction of sp³-hybridized carbons (Fsp3) is 0.667. The number of carbonyl (C=O) groups excluding carboxylic acids is 1. The van der Waals surface area contributed by atoms with Crippen LogP contribution in [0.5, 0.6) is 0 Å². The topological polar surface area (TPSA) is 86.9 Å². The number of piperidine rings is 1. The minimum atomic E-state index is -0.866. The van der Waals surface area contributed by atoms with E-state index in [1.807, 2.05) is 11.9 Å². The number of aliphatic carboxylic acids is 1. The SMILES string of the molecule is Cc1nc(C(=O)N2C[C@H]3CCN(C)C[C@@]3(C(=O)O)C2)c(C)o1. The van der Waals surface area contributed by atoms with Crippen LogP contribution < -0.4 is 0 Å². The summed E-state index contributed by atoms with van der Waals surface area (Å²) in [5.41, 5.74) is -0.569. The highest BCUT2D eigenvalue weighted by Crippen LogP contribution is 2.42. The summed E-state index contributed by atoms with van der Waals surface area (Å²) in [5, 5.41) is 9.75. The molecule has 0 radical (unpaired) electrons. The number of hydrogen-bond donors (Lipinski definition) is 1. The maximum Gasteiger partial charge on any atom is 0.313 e. The Hall–Kier alpha value is -1.89. The first-order valence-electron chi connectivity index (χ1n) is 7.49. The number of carboxylic acids is 1. The molecule has 1 aromatic heterocycles. The smallest absolute Gasteiger partial charge is 0.313 e. The molecule has 1 N–H and O–H groups in total. The molecule has 0 unspecified atom stereocenters. The highest BCUT2D eigenvalue weighted by atomic mass is 16.4. The van der Waals surface area contributed by atoms with Gasteiger partial charge in [0.2, 0.25) is 0 Å². The lowest BCUT2D eigenvalue weighted by molar-refractivity contribution is -0.153. The van der Waals surface area contributed by atoms with Crippen molar-refractivity contribution in [3.8, 4) is 0 Å². The first kappa shape index (κ1) is 15.0. The number of rotatable bonds is 2. The number of fused-ring (bicyclic) bond motifs is 1. The van der Waals surface area contributed by atoms with Crippen molar-refractivity contribution in [3.63, 3.8) is 0 Å². The number of carbonyl (C=O) groups is 2. The number of aryl methyl sites for hydroxylation is 2. The molecule has 3 heterocycles. The lowest BCUT2D eigenvalue weighted by Gasteiger charge is -2.39. The van der Waals surface area contributed by atoms with Gasteiger partial charge >= 0.3 is 5.97 Å². The van der Waals surface area contributed by atoms with E-state index in [1.54, 1.807) is 18.7 Å². The summed E-state index contributed by atoms with van der Waals surface area (Å²) in [7, 11) is 1.93. The van der Waals surface area contributed by atoms with Gasteiger partial charge in [-0.3, -0.25) is 9.59 Å². The second-order valence-corrected chi connectivity index (χ2v) is 6.51. The van der Waals surface area contributed by atoms with Crippen molar-refractivity contribution < 1.29 is 19.1 Å². The van der Waals surface area contributed by atoms with Crippen molar-refractivity contribution in [2.45, 2.75) is 20.3 Å². The highest BCUT2D eigenvalue weighted by Gasteiger charge is 2.55. The second-order valence-electron chi connectivity index (χ2n) is 6.51. The lowest BCUT2D eigenvalue weighted by Crippen LogP contribution is -2.52. The Bertz CT molecular complexity index is 626. The molecule has 7 nitrogen and oxygen atoms in total. The number of amides is 1. The zero-order valence-electron chi connectivity index (χ0n) is 13.1. The first-order valence-corrected chi connectivity index (χ1v) is 7.49. The monoisotopic (exact) mass is 307 g/mol. The summed E-state index contributed by atoms with van der Waals surface area (Å²) in [4.78, 5) is 32.3. The summed E-state index contributed by atoms with van der Waals surface area (Å²) in [6.45, 7) is 5.46. The van der Waals surface area contributed by atoms with E-state index in [4.69, 9.17) is 4.42 Å². The van der Waals surface area contributed by atoms with Crippen LogP contribution in [0.2, 0.25) is 0 Å². The van der Waals surface area contributed by atoms with Crippen molar-refractivity contribution in [3.05, 3.63) is 17.3 Å². The van der Waals surface area contributed by atoms with E-state index in [0.717, 1.165) is 13.0 Å². The molecule has 2 aliphatic rings. The second kappa shape index (κ2) is 5.08. The number of nitrogens with zero attached hydrogens (tertiary/aromatic N) is 3. The van der Waals surface area contributed by atoms with Gasteiger partial charge in [0, 0.05) is 26.6 Å². The molecule has 2 aliphatic heterocycles. The molecule has 22 heavy (non-hydrogen) atoms. The maximum atomic E-state index is 12.7. The molecule has 2 fully saturated rings. The van der Waals surface area contributed by atoms with E-state index in [-0.39, 0.29) is 18.4 Å². The van der Waals surface area contributed by atoms with Crippen LogP contribution in [-0.2, 0) is 4.79 Å². The van der Waals surface area contributed by atoms with Gasteiger partial charge in [-0.1, -0.05) is 0 Å². The minimum Gasteiger partial charge on any atom is -0.481 e. The molecule has 0 spiro atoms. The Morgan fingerprint density at radius 3 is 2.68 bits per heavy atom. The van der Waals surface area contributed by atoms with Gasteiger partial charge in [0.25, 0.3) is 5.91 Å². The van der Waals surface area contributed by atoms with Crippen LogP contribution in [0.1, 0.15) is 28.6 Å². The molecule has 0 aromatic carbocycles. The zero-order valence-corrected chi connectivity index (χ0v) is 13.1. The van der Waals surface area contributed by atoms with Crippen molar-refractivity contribution in [2.75, 3.05) is 33.2 Å². The van der Waals surface area contributed by atoms with E-state index >= 15 is 0 Å². The maximum absolute atomic E-state index is 12.7. The Morgan fingerprint density at radius 1 is 1.36 bits per heavy atom. The molecule has 2 atom stereocenters. The van der Waals surface area contributed by atoms with Gasteiger partial charge in [0.15, 0.2) is 11.6 Å². The van der Waals surface area contributed by atoms with Gasteiger partial charge in [-0.05, 0) is 32.9 Å². The summed E-state index contributed by atoms with van der Waals surface area (Å²) >= 11 is 0. The van der Waals surface area contributed by atoms with Crippen molar-refractivity contribution in [1.82, 2.24) is 14.8 Å². The number of oxazole rings is 1. The van der Waals surface area contributed by atoms with Crippen LogP contribution in [-0.4, -0.2) is 65.0 Å². The molecule has 1 amide bonds. The standard InChI is InChI=1S/C15H21N3O4/c1-9-12(16-10(2)22-9)13(19)18-6-11-4-5-17(3)7-15(11,8-18)14(20)21/h11H,4-8H2,1-3H3,(H,20,21)/t11-,15-/m1/s1. The Morgan fingerprint density at radius 2 is 2.09 bits per heavy atom. The van der Waals surface area contributed by atoms with Crippen LogP contribution >= 0.6 is 0 Å². The van der Waals surface area contributed by atoms with Gasteiger partial charge in [0.1, 0.15) is 11.2 Å². The summed E-state index contributed by atoms with van der Waals surface area (Å²) in [5.74, 6) is -0.109. The van der Waals surface area contributed by atoms with Gasteiger partial charge in [-0.15, -0.1) is 0 Å². The van der Waals surface area contributed by atoms with Gasteiger partial charge < -0.3 is 19.3 Å². The number of likely N-dealkylation sites (tertiary alicyclic amines) is 2. The zero-order chi connectivity index (χ0) is 16.1. The van der Waals surface area contributed by atoms with E-state index in [9.17, 15) is 14.7 Å². The van der Waals surface area contributed by atoms with Gasteiger partial charge in [-0.25, -0.2) is 4.98 Å². The molecule has 3 rings (SSSR count). The Balaban J connectivity index is 1.87. The van der Waals surface area contributed by atoms with E-state index < -0.39 is 11.4 Å². The fourth-order valence-electron chi connectivity index (χ4n) is 3.80. The third-order valence-corrected chi connectivity index (χ3v) is 4.93. The normalized spacial score (nSPS) is 28.7. The van der Waals surface area contributed by atoms with E-state index in [0.29, 0.717) is 30.4 Å². The molecule has 120 valence electrons. The first-order chi connectivity index (χ1) is 10.3. The van der Waals surface area contributed by atoms with Crippen molar-refractivity contribution in [2.24, 2.45) is 11.3 Å². The molecular formula is C15H21N3O4. The Labute approximate surface area is 128 Å². The van der Waals surface area contributed by atoms with E-state index in [2.05, 4.69) is 4.98 Å². The van der Waals surface area contributed by atoms with Crippen molar-refractivity contribution in [1.29, 1.82) is 0 Å². The third-order valence-electron chi connectivity index (χ3n) is 4.93. The lowest BCUT2D eigenvalue weighted by atomic mass is 9.73. The minimum absolute atomic E-state index is 0.00143. The summed E-state index contributed by atoms with van der Waals surface area (Å²) < 4.78 is 5.32. The number of carboxylic acid groups (broad SMARTS) is 1. The van der Waals surface area contributed by atoms with Crippen LogP contribution in [0.4, 0.5) is 0 Å². The highest BCUT2D eigenvalue weighted by molar-refractivity contribution is 5.94. The average molecular weight is 307 g/mol. The molecule has 0 aliphatic carbocycles. The molecular weight excluding hydrogens is 286 g/mol. The van der Waals surface area contributed by atoms with Crippen LogP contribution in [0.3, 0.4) is 0 Å². The van der Waals surface area contributed by atoms with Crippen LogP contribution in [0.25, 0.3) is 0 Å². The Kier molecular flexibility index (Phi) is 3.47. The number of hydrogen-bond acceptors (Lipinski definition) is 5. The van der Waals surface area contributed by atoms with Crippen molar-refractivity contribution >= 4 is 11.9 Å². The fourth-order valence-corrected chi connectivity index (χ4v) is 3.80. The molecule has 0 saturated carbocycles. The predicted molar refractivity (Wildman–Crippen MR) is 77.6 cm³/mol. The average Bonchev–Trinajstić information content (AvgIpc) is 2.98. The summed E-state index contributed by atoms with van der Waals surface area (Å²) in [6, 6.07) is 0. The van der Waals surface area contributed by atoms with Crippen LogP contribution in [0, 0.1) is 25.2 Å². The van der Waals surface area contributed by atoms with Gasteiger partial charge in [0.05, 0.1) is 0 Å². The number of aromatic nitrogens is 1. The molecule has 0 bridgehead atoms. The molecule has 1 aromatic rings. The third kappa shape index (κ3) is 2.20. The van der Waals surface area contributed by atoms with Crippen LogP contribution in [0.15, 0.2) is 4.42 Å². The molecule has 7 heteroatoms. The largest absolute Gasteiger partial charge is 0.481 e. The summed E-state index contributed by atoms with van der Waals surface area (Å²) in [6.07, 6.45) is 0.795. The van der Waals surface area contributed by atoms with E-state index in [1.165, 1.54) is 0 Å². The molecule has 2 saturated heterocycles. The quantitative estimate of drug-likeness (QED) is 0.868. The predicted octanol–water partition coefficient (Wildman–Crippen LogP) is 0.770.